The predicted octanol–water partition coefficient (Wildman–Crippen LogP) is 1.81. The van der Waals surface area contributed by atoms with Crippen molar-refractivity contribution in [2.24, 2.45) is 7.05 Å². The predicted molar refractivity (Wildman–Crippen MR) is 98.3 cm³/mol. The first-order valence-electron chi connectivity index (χ1n) is 8.43. The second-order valence-corrected chi connectivity index (χ2v) is 6.83. The summed E-state index contributed by atoms with van der Waals surface area (Å²) < 4.78 is 1.66. The van der Waals surface area contributed by atoms with E-state index in [-0.39, 0.29) is 11.9 Å². The molecule has 3 heterocycles. The molecule has 8 nitrogen and oxygen atoms in total. The molecule has 1 N–H and O–H groups in total. The van der Waals surface area contributed by atoms with Crippen molar-refractivity contribution < 1.29 is 4.79 Å². The number of halogens is 1. The third-order valence-corrected chi connectivity index (χ3v) is 4.85. The molecule has 1 fully saturated rings. The first-order valence-corrected chi connectivity index (χ1v) is 8.81. The molecule has 0 atom stereocenters. The van der Waals surface area contributed by atoms with Gasteiger partial charge in [0.25, 0.3) is 5.91 Å². The van der Waals surface area contributed by atoms with Gasteiger partial charge in [-0.3, -0.25) is 9.78 Å². The molecule has 9 heteroatoms. The van der Waals surface area contributed by atoms with Crippen LogP contribution >= 0.6 is 11.6 Å². The average molecular weight is 372 g/mol. The third-order valence-electron chi connectivity index (χ3n) is 4.62. The molecule has 1 aromatic carbocycles. The molecule has 26 heavy (non-hydrogen) atoms. The highest BCUT2D eigenvalue weighted by Gasteiger charge is 2.24. The number of carbonyl (C=O) groups excluding carboxylic acids is 1. The van der Waals surface area contributed by atoms with E-state index in [0.29, 0.717) is 10.6 Å². The number of nitrogens with one attached hydrogen (secondary N) is 1. The number of tetrazole rings is 1. The summed E-state index contributed by atoms with van der Waals surface area (Å²) in [6, 6.07) is 7.42. The van der Waals surface area contributed by atoms with E-state index in [1.54, 1.807) is 23.0 Å². The molecule has 0 radical (unpaired) electrons. The Morgan fingerprint density at radius 2 is 2.08 bits per heavy atom. The summed E-state index contributed by atoms with van der Waals surface area (Å²) in [6.07, 6.45) is 3.28. The van der Waals surface area contributed by atoms with Crippen molar-refractivity contribution in [2.45, 2.75) is 18.9 Å². The second-order valence-electron chi connectivity index (χ2n) is 6.40. The average Bonchev–Trinajstić information content (AvgIpc) is 3.08. The number of carbonyl (C=O) groups is 1. The Kier molecular flexibility index (Phi) is 4.42. The Hall–Kier alpha value is -2.74. The van der Waals surface area contributed by atoms with Gasteiger partial charge in [0, 0.05) is 42.8 Å². The zero-order valence-corrected chi connectivity index (χ0v) is 15.0. The fourth-order valence-corrected chi connectivity index (χ4v) is 3.37. The van der Waals surface area contributed by atoms with E-state index in [0.717, 1.165) is 42.8 Å². The lowest BCUT2D eigenvalue weighted by atomic mass is 10.0. The van der Waals surface area contributed by atoms with Crippen LogP contribution in [0.4, 0.5) is 5.95 Å². The van der Waals surface area contributed by atoms with Crippen LogP contribution in [0, 0.1) is 0 Å². The van der Waals surface area contributed by atoms with Crippen LogP contribution in [0.15, 0.2) is 30.5 Å². The van der Waals surface area contributed by atoms with Gasteiger partial charge in [-0.25, -0.2) is 4.68 Å². The van der Waals surface area contributed by atoms with Crippen LogP contribution in [0.5, 0.6) is 0 Å². The van der Waals surface area contributed by atoms with Crippen LogP contribution in [-0.4, -0.2) is 50.2 Å². The van der Waals surface area contributed by atoms with E-state index in [9.17, 15) is 4.79 Å². The molecule has 0 bridgehead atoms. The standard InChI is InChI=1S/C17H18ClN7O/c1-24-17(21-22-23-24)25-6-4-14(5-7-25)20-16(26)12-8-11-2-3-13(18)9-15(11)19-10-12/h2-3,8-10,14H,4-7H2,1H3,(H,20,26). The van der Waals surface area contributed by atoms with Gasteiger partial charge < -0.3 is 10.2 Å². The highest BCUT2D eigenvalue weighted by Crippen LogP contribution is 2.19. The highest BCUT2D eigenvalue weighted by atomic mass is 35.5. The van der Waals surface area contributed by atoms with Gasteiger partial charge in [-0.2, -0.15) is 0 Å². The van der Waals surface area contributed by atoms with Crippen molar-refractivity contribution in [3.05, 3.63) is 41.0 Å². The smallest absolute Gasteiger partial charge is 0.253 e. The quantitative estimate of drug-likeness (QED) is 0.755. The zero-order chi connectivity index (χ0) is 18.1. The van der Waals surface area contributed by atoms with Crippen LogP contribution < -0.4 is 10.2 Å². The highest BCUT2D eigenvalue weighted by molar-refractivity contribution is 6.31. The molecule has 0 aliphatic carbocycles. The van der Waals surface area contributed by atoms with Crippen molar-refractivity contribution in [3.63, 3.8) is 0 Å². The third kappa shape index (κ3) is 3.32. The van der Waals surface area contributed by atoms with E-state index in [1.807, 2.05) is 19.2 Å². The largest absolute Gasteiger partial charge is 0.349 e. The summed E-state index contributed by atoms with van der Waals surface area (Å²) in [5.74, 6) is 0.653. The molecule has 0 unspecified atom stereocenters. The van der Waals surface area contributed by atoms with Crippen LogP contribution in [0.2, 0.25) is 5.02 Å². The van der Waals surface area contributed by atoms with E-state index < -0.39 is 0 Å². The van der Waals surface area contributed by atoms with Gasteiger partial charge in [0.2, 0.25) is 5.95 Å². The molecule has 3 aromatic rings. The Bertz CT molecular complexity index is 949. The number of piperidine rings is 1. The Morgan fingerprint density at radius 3 is 2.81 bits per heavy atom. The van der Waals surface area contributed by atoms with Crippen LogP contribution in [0.1, 0.15) is 23.2 Å². The normalized spacial score (nSPS) is 15.4. The Labute approximate surface area is 155 Å². The van der Waals surface area contributed by atoms with E-state index >= 15 is 0 Å². The maximum absolute atomic E-state index is 12.6. The number of amides is 1. The minimum Gasteiger partial charge on any atom is -0.349 e. The number of nitrogens with zero attached hydrogens (tertiary/aromatic N) is 6. The summed E-state index contributed by atoms with van der Waals surface area (Å²) in [5, 5.41) is 16.2. The minimum atomic E-state index is -0.104. The molecular weight excluding hydrogens is 354 g/mol. The number of rotatable bonds is 3. The zero-order valence-electron chi connectivity index (χ0n) is 14.3. The summed E-state index contributed by atoms with van der Waals surface area (Å²) in [6.45, 7) is 1.60. The van der Waals surface area contributed by atoms with Crippen LogP contribution in [-0.2, 0) is 7.05 Å². The van der Waals surface area contributed by atoms with Gasteiger partial charge in [0.1, 0.15) is 0 Å². The van der Waals surface area contributed by atoms with Gasteiger partial charge in [0.15, 0.2) is 0 Å². The number of fused-ring (bicyclic) bond motifs is 1. The minimum absolute atomic E-state index is 0.104. The van der Waals surface area contributed by atoms with E-state index in [4.69, 9.17) is 11.6 Å². The maximum Gasteiger partial charge on any atom is 0.253 e. The summed E-state index contributed by atoms with van der Waals surface area (Å²) >= 11 is 5.97. The first-order chi connectivity index (χ1) is 12.6. The van der Waals surface area contributed by atoms with Gasteiger partial charge >= 0.3 is 0 Å². The van der Waals surface area contributed by atoms with Crippen molar-refractivity contribution in [2.75, 3.05) is 18.0 Å². The lowest BCUT2D eigenvalue weighted by molar-refractivity contribution is 0.0931. The number of benzene rings is 1. The van der Waals surface area contributed by atoms with Crippen molar-refractivity contribution in [1.29, 1.82) is 0 Å². The second kappa shape index (κ2) is 6.87. The van der Waals surface area contributed by atoms with Crippen LogP contribution in [0.25, 0.3) is 10.9 Å². The monoisotopic (exact) mass is 371 g/mol. The molecule has 134 valence electrons. The van der Waals surface area contributed by atoms with Crippen LogP contribution in [0.3, 0.4) is 0 Å². The number of aromatic nitrogens is 5. The number of anilines is 1. The molecule has 0 spiro atoms. The number of hydrogen-bond acceptors (Lipinski definition) is 6. The van der Waals surface area contributed by atoms with Crippen molar-refractivity contribution in [3.8, 4) is 0 Å². The number of pyridine rings is 1. The van der Waals surface area contributed by atoms with E-state index in [2.05, 4.69) is 30.7 Å². The lowest BCUT2D eigenvalue weighted by Crippen LogP contribution is -2.45. The molecule has 1 aliphatic rings. The Morgan fingerprint density at radius 1 is 1.27 bits per heavy atom. The molecule has 1 saturated heterocycles. The summed E-state index contributed by atoms with van der Waals surface area (Å²) in [7, 11) is 1.82. The maximum atomic E-state index is 12.6. The van der Waals surface area contributed by atoms with Gasteiger partial charge in [-0.15, -0.1) is 0 Å². The summed E-state index contributed by atoms with van der Waals surface area (Å²) in [4.78, 5) is 19.0. The molecule has 1 amide bonds. The first kappa shape index (κ1) is 16.7. The number of aryl methyl sites for hydroxylation is 1. The summed E-state index contributed by atoms with van der Waals surface area (Å²) in [5.41, 5.74) is 1.33. The topological polar surface area (TPSA) is 88.8 Å². The van der Waals surface area contributed by atoms with Gasteiger partial charge in [-0.1, -0.05) is 22.8 Å². The fourth-order valence-electron chi connectivity index (χ4n) is 3.20. The molecule has 1 aliphatic heterocycles. The van der Waals surface area contributed by atoms with Gasteiger partial charge in [-0.05, 0) is 41.5 Å². The van der Waals surface area contributed by atoms with E-state index in [1.165, 1.54) is 0 Å². The molecule has 0 saturated carbocycles. The molecular formula is C17H18ClN7O. The van der Waals surface area contributed by atoms with Crippen molar-refractivity contribution >= 4 is 34.4 Å². The lowest BCUT2D eigenvalue weighted by Gasteiger charge is -2.32. The SMILES string of the molecule is Cn1nnnc1N1CCC(NC(=O)c2cnc3cc(Cl)ccc3c2)CC1. The fraction of sp³-hybridized carbons (Fsp3) is 0.353. The molecule has 4 rings (SSSR count). The molecule has 2 aromatic heterocycles. The van der Waals surface area contributed by atoms with Crippen molar-refractivity contribution in [1.82, 2.24) is 30.5 Å². The number of hydrogen-bond donors (Lipinski definition) is 1. The van der Waals surface area contributed by atoms with Gasteiger partial charge in [0.05, 0.1) is 11.1 Å². The Balaban J connectivity index is 1.40.